The highest BCUT2D eigenvalue weighted by molar-refractivity contribution is 5.85. The van der Waals surface area contributed by atoms with Gasteiger partial charge in [-0.25, -0.2) is 4.98 Å². The van der Waals surface area contributed by atoms with Crippen LogP contribution in [0.3, 0.4) is 0 Å². The molecule has 1 aromatic heterocycles. The molecule has 2 heterocycles. The Bertz CT molecular complexity index is 1220. The third-order valence-electron chi connectivity index (χ3n) is 5.63. The van der Waals surface area contributed by atoms with Crippen molar-refractivity contribution >= 4 is 11.7 Å². The summed E-state index contributed by atoms with van der Waals surface area (Å²) in [6.07, 6.45) is 1.73. The van der Waals surface area contributed by atoms with E-state index in [1.807, 2.05) is 62.4 Å². The molecule has 2 aromatic carbocycles. The Morgan fingerprint density at radius 3 is 2.52 bits per heavy atom. The normalized spacial score (nSPS) is 14.4. The summed E-state index contributed by atoms with van der Waals surface area (Å²) < 4.78 is 6.10. The number of aromatic nitrogens is 1. The van der Waals surface area contributed by atoms with Crippen molar-refractivity contribution in [3.63, 3.8) is 0 Å². The number of hydrogen-bond donors (Lipinski definition) is 2. The minimum atomic E-state index is -0.920. The van der Waals surface area contributed by atoms with E-state index in [1.165, 1.54) is 0 Å². The molecule has 0 aliphatic carbocycles. The van der Waals surface area contributed by atoms with Gasteiger partial charge in [0, 0.05) is 28.2 Å². The molecule has 0 unspecified atom stereocenters. The van der Waals surface area contributed by atoms with Gasteiger partial charge in [-0.3, -0.25) is 10.1 Å². The van der Waals surface area contributed by atoms with E-state index < -0.39 is 5.41 Å². The highest BCUT2D eigenvalue weighted by atomic mass is 16.5. The zero-order valence-electron chi connectivity index (χ0n) is 17.2. The predicted molar refractivity (Wildman–Crippen MR) is 117 cm³/mol. The number of amides is 1. The molecule has 154 valence electrons. The Balaban J connectivity index is 1.81. The lowest BCUT2D eigenvalue weighted by molar-refractivity contribution is -0.128. The second-order valence-corrected chi connectivity index (χ2v) is 7.98. The molecule has 3 aromatic rings. The van der Waals surface area contributed by atoms with Crippen LogP contribution in [0.4, 0.5) is 0 Å². The highest BCUT2D eigenvalue weighted by Crippen LogP contribution is 2.51. The molecule has 31 heavy (non-hydrogen) atoms. The van der Waals surface area contributed by atoms with Gasteiger partial charge < -0.3 is 9.84 Å². The van der Waals surface area contributed by atoms with Gasteiger partial charge in [0.15, 0.2) is 6.19 Å². The van der Waals surface area contributed by atoms with Crippen molar-refractivity contribution in [1.29, 1.82) is 5.26 Å². The fourth-order valence-electron chi connectivity index (χ4n) is 3.95. The average molecular weight is 411 g/mol. The van der Waals surface area contributed by atoms with Gasteiger partial charge in [0.2, 0.25) is 11.8 Å². The molecule has 0 fully saturated rings. The summed E-state index contributed by atoms with van der Waals surface area (Å²) in [6.45, 7) is 7.15. The number of ether oxygens (including phenoxy) is 1. The van der Waals surface area contributed by atoms with Crippen LogP contribution in [-0.4, -0.2) is 16.0 Å². The second-order valence-electron chi connectivity index (χ2n) is 7.98. The molecule has 0 radical (unpaired) electrons. The van der Waals surface area contributed by atoms with E-state index >= 15 is 0 Å². The van der Waals surface area contributed by atoms with Crippen LogP contribution in [0, 0.1) is 16.9 Å². The Labute approximate surface area is 180 Å². The molecular weight excluding hydrogens is 390 g/mol. The van der Waals surface area contributed by atoms with Crippen molar-refractivity contribution in [2.45, 2.75) is 19.8 Å². The molecule has 6 heteroatoms. The van der Waals surface area contributed by atoms with Crippen molar-refractivity contribution in [1.82, 2.24) is 10.3 Å². The maximum Gasteiger partial charge on any atom is 0.239 e. The SMILES string of the molecule is C=C(O)c1ccc(-c2ccc3c(n2)Oc2ccccc2[C@@H]3C(C)(C)C(=O)NC#N)cc1. The molecule has 0 spiro atoms. The van der Waals surface area contributed by atoms with Crippen LogP contribution in [0.5, 0.6) is 11.6 Å². The van der Waals surface area contributed by atoms with E-state index in [2.05, 4.69) is 11.9 Å². The monoisotopic (exact) mass is 411 g/mol. The average Bonchev–Trinajstić information content (AvgIpc) is 2.77. The van der Waals surface area contributed by atoms with Gasteiger partial charge in [0.1, 0.15) is 11.5 Å². The summed E-state index contributed by atoms with van der Waals surface area (Å²) in [5.74, 6) is 0.351. The Morgan fingerprint density at radius 2 is 1.84 bits per heavy atom. The van der Waals surface area contributed by atoms with Crippen LogP contribution in [0.15, 0.2) is 67.2 Å². The van der Waals surface area contributed by atoms with Crippen molar-refractivity contribution < 1.29 is 14.6 Å². The van der Waals surface area contributed by atoms with Crippen LogP contribution in [-0.2, 0) is 4.79 Å². The molecule has 0 bridgehead atoms. The first kappa shape index (κ1) is 20.2. The van der Waals surface area contributed by atoms with E-state index in [0.717, 1.165) is 16.7 Å². The number of fused-ring (bicyclic) bond motifs is 2. The summed E-state index contributed by atoms with van der Waals surface area (Å²) in [7, 11) is 0. The summed E-state index contributed by atoms with van der Waals surface area (Å²) in [5.41, 5.74) is 2.92. The number of carbonyl (C=O) groups excluding carboxylic acids is 1. The fraction of sp³-hybridized carbons (Fsp3) is 0.160. The van der Waals surface area contributed by atoms with E-state index in [0.29, 0.717) is 22.9 Å². The number of aliphatic hydroxyl groups is 1. The number of benzene rings is 2. The molecule has 1 atom stereocenters. The lowest BCUT2D eigenvalue weighted by atomic mass is 9.69. The summed E-state index contributed by atoms with van der Waals surface area (Å²) in [5, 5.41) is 20.8. The van der Waals surface area contributed by atoms with Gasteiger partial charge in [-0.05, 0) is 12.1 Å². The zero-order valence-corrected chi connectivity index (χ0v) is 17.2. The van der Waals surface area contributed by atoms with Gasteiger partial charge in [-0.1, -0.05) is 69.0 Å². The van der Waals surface area contributed by atoms with Crippen molar-refractivity contribution in [2.24, 2.45) is 5.41 Å². The molecule has 0 saturated heterocycles. The number of carbonyl (C=O) groups is 1. The number of nitrogens with zero attached hydrogens (tertiary/aromatic N) is 2. The smallest absolute Gasteiger partial charge is 0.239 e. The molecule has 1 amide bonds. The maximum atomic E-state index is 12.7. The molecular formula is C25H21N3O3. The zero-order chi connectivity index (χ0) is 22.2. The third kappa shape index (κ3) is 3.51. The molecule has 4 rings (SSSR count). The first-order valence-electron chi connectivity index (χ1n) is 9.79. The first-order valence-corrected chi connectivity index (χ1v) is 9.79. The van der Waals surface area contributed by atoms with Gasteiger partial charge in [0.25, 0.3) is 0 Å². The summed E-state index contributed by atoms with van der Waals surface area (Å²) in [4.78, 5) is 17.5. The standard InChI is InChI=1S/C25H21N3O3/c1-15(29)16-8-10-17(11-9-16)20-13-12-19-22(25(2,3)24(30)27-14-26)18-6-4-5-7-21(18)31-23(19)28-20/h4-13,22,29H,1H2,2-3H3,(H,27,30)/t22-/m0/s1. The number of pyridine rings is 1. The topological polar surface area (TPSA) is 95.2 Å². The second kappa shape index (κ2) is 7.62. The Hall–Kier alpha value is -4.11. The van der Waals surface area contributed by atoms with Gasteiger partial charge in [-0.15, -0.1) is 0 Å². The minimum absolute atomic E-state index is 0.00519. The Kier molecular flexibility index (Phi) is 4.96. The lowest BCUT2D eigenvalue weighted by Crippen LogP contribution is -2.40. The van der Waals surface area contributed by atoms with E-state index in [-0.39, 0.29) is 17.6 Å². The number of nitrogens with one attached hydrogen (secondary N) is 1. The van der Waals surface area contributed by atoms with Crippen molar-refractivity contribution in [3.8, 4) is 29.1 Å². The third-order valence-corrected chi connectivity index (χ3v) is 5.63. The van der Waals surface area contributed by atoms with E-state index in [4.69, 9.17) is 15.0 Å². The summed E-state index contributed by atoms with van der Waals surface area (Å²) in [6, 6.07) is 18.6. The van der Waals surface area contributed by atoms with E-state index in [1.54, 1.807) is 18.3 Å². The molecule has 1 aliphatic heterocycles. The molecule has 1 aliphatic rings. The number of aliphatic hydroxyl groups excluding tert-OH is 1. The quantitative estimate of drug-likeness (QED) is 0.352. The maximum absolute atomic E-state index is 12.7. The molecule has 6 nitrogen and oxygen atoms in total. The van der Waals surface area contributed by atoms with Crippen LogP contribution in [0.25, 0.3) is 17.0 Å². The number of para-hydroxylation sites is 1. The van der Waals surface area contributed by atoms with Gasteiger partial charge in [0.05, 0.1) is 11.1 Å². The lowest BCUT2D eigenvalue weighted by Gasteiger charge is -2.37. The van der Waals surface area contributed by atoms with Gasteiger partial charge >= 0.3 is 0 Å². The Morgan fingerprint density at radius 1 is 1.13 bits per heavy atom. The number of hydrogen-bond acceptors (Lipinski definition) is 5. The highest BCUT2D eigenvalue weighted by Gasteiger charge is 2.44. The van der Waals surface area contributed by atoms with Crippen molar-refractivity contribution in [3.05, 3.63) is 83.9 Å². The number of rotatable bonds is 4. The van der Waals surface area contributed by atoms with Crippen LogP contribution in [0.2, 0.25) is 0 Å². The predicted octanol–water partition coefficient (Wildman–Crippen LogP) is 5.14. The number of nitriles is 1. The minimum Gasteiger partial charge on any atom is -0.508 e. The van der Waals surface area contributed by atoms with Crippen LogP contribution < -0.4 is 10.1 Å². The summed E-state index contributed by atoms with van der Waals surface area (Å²) >= 11 is 0. The fourth-order valence-corrected chi connectivity index (χ4v) is 3.95. The molecule has 0 saturated carbocycles. The largest absolute Gasteiger partial charge is 0.508 e. The van der Waals surface area contributed by atoms with Crippen LogP contribution in [0.1, 0.15) is 36.5 Å². The van der Waals surface area contributed by atoms with E-state index in [9.17, 15) is 9.90 Å². The first-order chi connectivity index (χ1) is 14.8. The van der Waals surface area contributed by atoms with Gasteiger partial charge in [-0.2, -0.15) is 5.26 Å². The van der Waals surface area contributed by atoms with Crippen molar-refractivity contribution in [2.75, 3.05) is 0 Å². The molecule has 2 N–H and O–H groups in total. The van der Waals surface area contributed by atoms with Crippen LogP contribution >= 0.6 is 0 Å².